The van der Waals surface area contributed by atoms with Gasteiger partial charge < -0.3 is 15.0 Å². The highest BCUT2D eigenvalue weighted by Crippen LogP contribution is 2.37. The molecule has 1 saturated carbocycles. The molecule has 0 radical (unpaired) electrons. The second-order valence-electron chi connectivity index (χ2n) is 10.3. The number of hydrogen-bond donors (Lipinski definition) is 1. The zero-order valence-corrected chi connectivity index (χ0v) is 23.9. The van der Waals surface area contributed by atoms with Crippen molar-refractivity contribution in [3.63, 3.8) is 0 Å². The lowest BCUT2D eigenvalue weighted by Gasteiger charge is -2.37. The molecule has 1 aliphatic heterocycles. The second-order valence-corrected chi connectivity index (χ2v) is 13.0. The van der Waals surface area contributed by atoms with Crippen LogP contribution in [0.5, 0.6) is 0 Å². The first-order valence-electron chi connectivity index (χ1n) is 12.8. The Morgan fingerprint density at radius 2 is 1.79 bits per heavy atom. The maximum Gasteiger partial charge on any atom is 0.246 e. The van der Waals surface area contributed by atoms with Gasteiger partial charge in [0, 0.05) is 30.2 Å². The highest BCUT2D eigenvalue weighted by atomic mass is 35.5. The highest BCUT2D eigenvalue weighted by molar-refractivity contribution is 7.89. The first-order chi connectivity index (χ1) is 18.0. The van der Waals surface area contributed by atoms with Crippen molar-refractivity contribution in [2.75, 3.05) is 33.8 Å². The predicted octanol–water partition coefficient (Wildman–Crippen LogP) is 4.89. The molecule has 1 N–H and O–H groups in total. The number of carbonyl (C=O) groups excluding carboxylic acids is 1. The molecule has 2 fully saturated rings. The Labute approximate surface area is 234 Å². The summed E-state index contributed by atoms with van der Waals surface area (Å²) >= 11 is 12.0. The number of hydrogen-bond acceptors (Lipinski definition) is 5. The number of benzene rings is 2. The molecule has 1 amide bonds. The Morgan fingerprint density at radius 1 is 1.11 bits per heavy atom. The molecule has 2 aliphatic rings. The Bertz CT molecular complexity index is 1220. The van der Waals surface area contributed by atoms with Gasteiger partial charge in [-0.15, -0.1) is 0 Å². The fourth-order valence-electron chi connectivity index (χ4n) is 5.57. The Balaban J connectivity index is 1.22. The lowest BCUT2D eigenvalue weighted by atomic mass is 9.78. The minimum atomic E-state index is -3.78. The zero-order chi connectivity index (χ0) is 27.4. The summed E-state index contributed by atoms with van der Waals surface area (Å²) in [6.45, 7) is 0.337. The van der Waals surface area contributed by atoms with Crippen LogP contribution in [0.15, 0.2) is 47.4 Å². The molecule has 2 atom stereocenters. The van der Waals surface area contributed by atoms with E-state index in [0.717, 1.165) is 31.2 Å². The van der Waals surface area contributed by atoms with Crippen LogP contribution in [0.1, 0.15) is 43.7 Å². The molecule has 4 rings (SSSR count). The summed E-state index contributed by atoms with van der Waals surface area (Å²) in [6.07, 6.45) is 3.76. The normalized spacial score (nSPS) is 23.5. The standard InChI is InChI=1S/C27H34Cl2FN3O4S/c1-32(2)27(18-3-8-21(30)9-4-18)19-5-10-22(11-6-19)31-26(34)17-37-23-13-14-33(16-23)38(35,36)25-12-7-20(28)15-24(25)29/h3-4,7-9,12,15,19,22-23,27H,5-6,10-11,13-14,16-17H2,1-2H3,(H,31,34). The number of nitrogens with one attached hydrogen (secondary N) is 1. The zero-order valence-electron chi connectivity index (χ0n) is 21.6. The van der Waals surface area contributed by atoms with Gasteiger partial charge in [0.15, 0.2) is 0 Å². The molecule has 2 unspecified atom stereocenters. The van der Waals surface area contributed by atoms with Crippen LogP contribution in [-0.2, 0) is 19.6 Å². The van der Waals surface area contributed by atoms with Gasteiger partial charge in [-0.3, -0.25) is 4.79 Å². The van der Waals surface area contributed by atoms with Gasteiger partial charge in [-0.2, -0.15) is 4.31 Å². The molecule has 1 heterocycles. The predicted molar refractivity (Wildman–Crippen MR) is 146 cm³/mol. The average molecular weight is 587 g/mol. The van der Waals surface area contributed by atoms with Gasteiger partial charge in [-0.05, 0) is 88.0 Å². The van der Waals surface area contributed by atoms with Crippen molar-refractivity contribution in [3.05, 3.63) is 63.9 Å². The van der Waals surface area contributed by atoms with Crippen molar-refractivity contribution in [3.8, 4) is 0 Å². The summed E-state index contributed by atoms with van der Waals surface area (Å²) in [5, 5.41) is 3.51. The molecule has 0 bridgehead atoms. The molecular weight excluding hydrogens is 552 g/mol. The Kier molecular flexibility index (Phi) is 9.71. The van der Waals surface area contributed by atoms with E-state index in [1.165, 1.54) is 34.6 Å². The number of halogens is 3. The first kappa shape index (κ1) is 29.2. The van der Waals surface area contributed by atoms with Crippen LogP contribution in [-0.4, -0.2) is 69.5 Å². The highest BCUT2D eigenvalue weighted by Gasteiger charge is 2.35. The molecule has 2 aromatic carbocycles. The fraction of sp³-hybridized carbons (Fsp3) is 0.519. The molecule has 0 aromatic heterocycles. The van der Waals surface area contributed by atoms with Gasteiger partial charge in [0.05, 0.1) is 11.1 Å². The van der Waals surface area contributed by atoms with Gasteiger partial charge in [0.25, 0.3) is 0 Å². The summed E-state index contributed by atoms with van der Waals surface area (Å²) in [4.78, 5) is 14.8. The third-order valence-corrected chi connectivity index (χ3v) is 10.0. The van der Waals surface area contributed by atoms with E-state index in [1.54, 1.807) is 0 Å². The van der Waals surface area contributed by atoms with E-state index >= 15 is 0 Å². The van der Waals surface area contributed by atoms with Crippen LogP contribution in [0.25, 0.3) is 0 Å². The lowest BCUT2D eigenvalue weighted by molar-refractivity contribution is -0.128. The van der Waals surface area contributed by atoms with Crippen molar-refractivity contribution in [1.29, 1.82) is 0 Å². The van der Waals surface area contributed by atoms with Crippen molar-refractivity contribution in [2.24, 2.45) is 5.92 Å². The van der Waals surface area contributed by atoms with Crippen molar-refractivity contribution >= 4 is 39.1 Å². The number of ether oxygens (including phenoxy) is 1. The van der Waals surface area contributed by atoms with Crippen LogP contribution in [0, 0.1) is 11.7 Å². The van der Waals surface area contributed by atoms with Crippen molar-refractivity contribution < 1.29 is 22.3 Å². The summed E-state index contributed by atoms with van der Waals surface area (Å²) in [7, 11) is 0.300. The number of amides is 1. The minimum absolute atomic E-state index is 0.00787. The smallest absolute Gasteiger partial charge is 0.246 e. The SMILES string of the molecule is CN(C)C(c1ccc(F)cc1)C1CCC(NC(=O)COC2CCN(S(=O)(=O)c3ccc(Cl)cc3Cl)C2)CC1. The van der Waals surface area contributed by atoms with E-state index in [9.17, 15) is 17.6 Å². The maximum absolute atomic E-state index is 13.4. The second kappa shape index (κ2) is 12.6. The summed E-state index contributed by atoms with van der Waals surface area (Å²) < 4.78 is 46.4. The van der Waals surface area contributed by atoms with Crippen LogP contribution in [0.3, 0.4) is 0 Å². The number of sulfonamides is 1. The molecule has 7 nitrogen and oxygen atoms in total. The van der Waals surface area contributed by atoms with Gasteiger partial charge >= 0.3 is 0 Å². The molecule has 38 heavy (non-hydrogen) atoms. The van der Waals surface area contributed by atoms with Crippen LogP contribution in [0.2, 0.25) is 10.0 Å². The summed E-state index contributed by atoms with van der Waals surface area (Å²) in [5.41, 5.74) is 1.10. The van der Waals surface area contributed by atoms with E-state index in [0.29, 0.717) is 23.9 Å². The van der Waals surface area contributed by atoms with E-state index in [4.69, 9.17) is 27.9 Å². The van der Waals surface area contributed by atoms with E-state index in [-0.39, 0.29) is 53.0 Å². The van der Waals surface area contributed by atoms with E-state index < -0.39 is 10.0 Å². The molecule has 2 aromatic rings. The van der Waals surface area contributed by atoms with Crippen LogP contribution >= 0.6 is 23.2 Å². The minimum Gasteiger partial charge on any atom is -0.367 e. The third-order valence-electron chi connectivity index (χ3n) is 7.42. The van der Waals surface area contributed by atoms with Crippen LogP contribution < -0.4 is 5.32 Å². The lowest BCUT2D eigenvalue weighted by Crippen LogP contribution is -2.42. The van der Waals surface area contributed by atoms with Gasteiger partial charge in [0.1, 0.15) is 17.3 Å². The molecule has 0 spiro atoms. The first-order valence-corrected chi connectivity index (χ1v) is 15.0. The summed E-state index contributed by atoms with van der Waals surface area (Å²) in [5.74, 6) is -0.0172. The van der Waals surface area contributed by atoms with Gasteiger partial charge in [0.2, 0.25) is 15.9 Å². The summed E-state index contributed by atoms with van der Waals surface area (Å²) in [6, 6.07) is 11.3. The third kappa shape index (κ3) is 7.06. The maximum atomic E-state index is 13.4. The Hall–Kier alpha value is -1.75. The van der Waals surface area contributed by atoms with E-state index in [2.05, 4.69) is 10.2 Å². The largest absolute Gasteiger partial charge is 0.367 e. The van der Waals surface area contributed by atoms with E-state index in [1.807, 2.05) is 26.2 Å². The van der Waals surface area contributed by atoms with Crippen molar-refractivity contribution in [1.82, 2.24) is 14.5 Å². The monoisotopic (exact) mass is 585 g/mol. The number of carbonyl (C=O) groups is 1. The van der Waals surface area contributed by atoms with Crippen LogP contribution in [0.4, 0.5) is 4.39 Å². The molecule has 208 valence electrons. The topological polar surface area (TPSA) is 79.0 Å². The average Bonchev–Trinajstić information content (AvgIpc) is 3.35. The number of nitrogens with zero attached hydrogens (tertiary/aromatic N) is 2. The Morgan fingerprint density at radius 3 is 2.42 bits per heavy atom. The van der Waals surface area contributed by atoms with Gasteiger partial charge in [-0.1, -0.05) is 35.3 Å². The van der Waals surface area contributed by atoms with Crippen molar-refractivity contribution in [2.45, 2.75) is 55.2 Å². The quantitative estimate of drug-likeness (QED) is 0.453. The van der Waals surface area contributed by atoms with Gasteiger partial charge in [-0.25, -0.2) is 12.8 Å². The molecule has 1 aliphatic carbocycles. The molecule has 1 saturated heterocycles. The fourth-order valence-corrected chi connectivity index (χ4v) is 7.80. The molecular formula is C27H34Cl2FN3O4S. The molecule has 11 heteroatoms. The number of rotatable bonds is 9.